The van der Waals surface area contributed by atoms with Crippen molar-refractivity contribution in [2.75, 3.05) is 32.8 Å². The van der Waals surface area contributed by atoms with Crippen LogP contribution in [-0.4, -0.2) is 62.3 Å². The van der Waals surface area contributed by atoms with Crippen molar-refractivity contribution in [1.29, 1.82) is 0 Å². The zero-order chi connectivity index (χ0) is 21.8. The molecule has 160 valence electrons. The molecule has 0 bridgehead atoms. The lowest BCUT2D eigenvalue weighted by Gasteiger charge is -2.34. The number of hydrogen-bond acceptors (Lipinski definition) is 5. The van der Waals surface area contributed by atoms with Crippen LogP contribution in [0.1, 0.15) is 40.2 Å². The molecule has 0 unspecified atom stereocenters. The van der Waals surface area contributed by atoms with E-state index < -0.39 is 16.0 Å². The Morgan fingerprint density at radius 1 is 1.03 bits per heavy atom. The standard InChI is InChI=1S/C21H30N2O5S/c1-16(2)14-20(25)28-15-19(24)22-10-12-23(13-11-22)29(26,27)18-8-6-17(7-9-18)21(3,4)5/h6-9,14H,10-13,15H2,1-5H3. The highest BCUT2D eigenvalue weighted by Crippen LogP contribution is 2.25. The van der Waals surface area contributed by atoms with Gasteiger partial charge in [-0.05, 0) is 37.0 Å². The van der Waals surface area contributed by atoms with E-state index in [0.717, 1.165) is 11.1 Å². The van der Waals surface area contributed by atoms with Crippen LogP contribution in [0, 0.1) is 0 Å². The Bertz CT molecular complexity index is 871. The lowest BCUT2D eigenvalue weighted by atomic mass is 9.87. The summed E-state index contributed by atoms with van der Waals surface area (Å²) in [7, 11) is -3.61. The summed E-state index contributed by atoms with van der Waals surface area (Å²) in [5.74, 6) is -0.884. The highest BCUT2D eigenvalue weighted by atomic mass is 32.2. The Morgan fingerprint density at radius 2 is 1.59 bits per heavy atom. The second-order valence-electron chi connectivity index (χ2n) is 8.39. The number of rotatable bonds is 5. The molecule has 7 nitrogen and oxygen atoms in total. The average Bonchev–Trinajstić information content (AvgIpc) is 2.65. The van der Waals surface area contributed by atoms with Gasteiger partial charge in [0.15, 0.2) is 6.61 Å². The molecule has 0 aliphatic carbocycles. The summed E-state index contributed by atoms with van der Waals surface area (Å²) in [5.41, 5.74) is 1.80. The maximum Gasteiger partial charge on any atom is 0.331 e. The fourth-order valence-electron chi connectivity index (χ4n) is 2.96. The number of esters is 1. The minimum atomic E-state index is -3.61. The van der Waals surface area contributed by atoms with Gasteiger partial charge in [0, 0.05) is 32.3 Å². The smallest absolute Gasteiger partial charge is 0.331 e. The highest BCUT2D eigenvalue weighted by molar-refractivity contribution is 7.89. The Morgan fingerprint density at radius 3 is 2.07 bits per heavy atom. The Balaban J connectivity index is 1.94. The molecular weight excluding hydrogens is 392 g/mol. The SMILES string of the molecule is CC(C)=CC(=O)OCC(=O)N1CCN(S(=O)(=O)c2ccc(C(C)(C)C)cc2)CC1. The molecular formula is C21H30N2O5S. The van der Waals surface area contributed by atoms with Crippen molar-refractivity contribution in [2.24, 2.45) is 0 Å². The fourth-order valence-corrected chi connectivity index (χ4v) is 4.38. The average molecular weight is 423 g/mol. The summed E-state index contributed by atoms with van der Waals surface area (Å²) in [6.07, 6.45) is 1.32. The van der Waals surface area contributed by atoms with E-state index in [0.29, 0.717) is 0 Å². The molecule has 1 aliphatic rings. The molecule has 8 heteroatoms. The van der Waals surface area contributed by atoms with Crippen molar-refractivity contribution in [3.05, 3.63) is 41.5 Å². The van der Waals surface area contributed by atoms with E-state index in [9.17, 15) is 18.0 Å². The molecule has 1 heterocycles. The van der Waals surface area contributed by atoms with E-state index >= 15 is 0 Å². The number of nitrogens with zero attached hydrogens (tertiary/aromatic N) is 2. The van der Waals surface area contributed by atoms with E-state index in [1.165, 1.54) is 15.3 Å². The first kappa shape index (κ1) is 23.1. The topological polar surface area (TPSA) is 84.0 Å². The summed E-state index contributed by atoms with van der Waals surface area (Å²) in [4.78, 5) is 25.5. The van der Waals surface area contributed by atoms with Gasteiger partial charge in [-0.3, -0.25) is 4.79 Å². The number of hydrogen-bond donors (Lipinski definition) is 0. The second kappa shape index (κ2) is 9.09. The van der Waals surface area contributed by atoms with Gasteiger partial charge in [0.25, 0.3) is 5.91 Å². The van der Waals surface area contributed by atoms with Crippen molar-refractivity contribution in [1.82, 2.24) is 9.21 Å². The van der Waals surface area contributed by atoms with Crippen LogP contribution in [0.4, 0.5) is 0 Å². The van der Waals surface area contributed by atoms with Crippen LogP contribution >= 0.6 is 0 Å². The zero-order valence-electron chi connectivity index (χ0n) is 17.8. The Labute approximate surface area is 173 Å². The summed E-state index contributed by atoms with van der Waals surface area (Å²) < 4.78 is 32.1. The van der Waals surface area contributed by atoms with Crippen molar-refractivity contribution in [2.45, 2.75) is 44.9 Å². The van der Waals surface area contributed by atoms with Gasteiger partial charge in [0.1, 0.15) is 0 Å². The molecule has 1 aromatic carbocycles. The minimum absolute atomic E-state index is 0.0522. The molecule has 0 radical (unpaired) electrons. The van der Waals surface area contributed by atoms with E-state index in [4.69, 9.17) is 4.74 Å². The molecule has 0 aromatic heterocycles. The number of carbonyl (C=O) groups is 2. The highest BCUT2D eigenvalue weighted by Gasteiger charge is 2.30. The second-order valence-corrected chi connectivity index (χ2v) is 10.3. The maximum absolute atomic E-state index is 12.9. The van der Waals surface area contributed by atoms with Gasteiger partial charge >= 0.3 is 5.97 Å². The summed E-state index contributed by atoms with van der Waals surface area (Å²) in [6.45, 7) is 10.3. The van der Waals surface area contributed by atoms with Gasteiger partial charge in [-0.1, -0.05) is 38.5 Å². The van der Waals surface area contributed by atoms with Crippen LogP contribution in [0.2, 0.25) is 0 Å². The van der Waals surface area contributed by atoms with E-state index in [1.807, 2.05) is 12.1 Å². The van der Waals surface area contributed by atoms with Crippen LogP contribution in [0.15, 0.2) is 40.8 Å². The Kier molecular flexibility index (Phi) is 7.24. The van der Waals surface area contributed by atoms with Crippen molar-refractivity contribution < 1.29 is 22.7 Å². The number of carbonyl (C=O) groups excluding carboxylic acids is 2. The molecule has 0 spiro atoms. The van der Waals surface area contributed by atoms with Gasteiger partial charge in [-0.25, -0.2) is 13.2 Å². The Hall–Kier alpha value is -2.19. The largest absolute Gasteiger partial charge is 0.452 e. The quantitative estimate of drug-likeness (QED) is 0.537. The first-order valence-electron chi connectivity index (χ1n) is 9.61. The van der Waals surface area contributed by atoms with E-state index in [-0.39, 0.29) is 49.0 Å². The van der Waals surface area contributed by atoms with E-state index in [2.05, 4.69) is 20.8 Å². The third-order valence-electron chi connectivity index (χ3n) is 4.69. The number of ether oxygens (including phenoxy) is 1. The molecule has 1 amide bonds. The van der Waals surface area contributed by atoms with Crippen LogP contribution in [0.5, 0.6) is 0 Å². The van der Waals surface area contributed by atoms with E-state index in [1.54, 1.807) is 26.0 Å². The predicted molar refractivity (Wildman–Crippen MR) is 111 cm³/mol. The summed E-state index contributed by atoms with van der Waals surface area (Å²) in [6, 6.07) is 6.95. The van der Waals surface area contributed by atoms with Gasteiger partial charge in [-0.2, -0.15) is 4.31 Å². The van der Waals surface area contributed by atoms with Crippen LogP contribution in [-0.2, 0) is 29.8 Å². The van der Waals surface area contributed by atoms with Crippen LogP contribution in [0.3, 0.4) is 0 Å². The zero-order valence-corrected chi connectivity index (χ0v) is 18.6. The number of amides is 1. The lowest BCUT2D eigenvalue weighted by Crippen LogP contribution is -2.51. The van der Waals surface area contributed by atoms with Gasteiger partial charge < -0.3 is 9.64 Å². The molecule has 1 saturated heterocycles. The number of piperazine rings is 1. The molecule has 1 fully saturated rings. The fraction of sp³-hybridized carbons (Fsp3) is 0.524. The van der Waals surface area contributed by atoms with Gasteiger partial charge in [0.2, 0.25) is 10.0 Å². The maximum atomic E-state index is 12.9. The summed E-state index contributed by atoms with van der Waals surface area (Å²) in [5, 5.41) is 0. The molecule has 0 saturated carbocycles. The first-order valence-corrected chi connectivity index (χ1v) is 11.1. The number of sulfonamides is 1. The third kappa shape index (κ3) is 6.14. The van der Waals surface area contributed by atoms with Crippen molar-refractivity contribution in [3.63, 3.8) is 0 Å². The molecule has 29 heavy (non-hydrogen) atoms. The first-order chi connectivity index (χ1) is 13.4. The number of allylic oxidation sites excluding steroid dienone is 1. The lowest BCUT2D eigenvalue weighted by molar-refractivity contribution is -0.148. The number of benzene rings is 1. The third-order valence-corrected chi connectivity index (χ3v) is 6.61. The van der Waals surface area contributed by atoms with Gasteiger partial charge in [-0.15, -0.1) is 0 Å². The van der Waals surface area contributed by atoms with Crippen LogP contribution in [0.25, 0.3) is 0 Å². The molecule has 2 rings (SSSR count). The normalized spacial score (nSPS) is 15.7. The predicted octanol–water partition coefficient (Wildman–Crippen LogP) is 2.33. The van der Waals surface area contributed by atoms with Crippen LogP contribution < -0.4 is 0 Å². The monoisotopic (exact) mass is 422 g/mol. The molecule has 1 aliphatic heterocycles. The molecule has 0 atom stereocenters. The summed E-state index contributed by atoms with van der Waals surface area (Å²) >= 11 is 0. The van der Waals surface area contributed by atoms with Gasteiger partial charge in [0.05, 0.1) is 4.90 Å². The molecule has 0 N–H and O–H groups in total. The molecule has 1 aromatic rings. The minimum Gasteiger partial charge on any atom is -0.452 e. The van der Waals surface area contributed by atoms with Crippen molar-refractivity contribution >= 4 is 21.9 Å². The van der Waals surface area contributed by atoms with Crippen molar-refractivity contribution in [3.8, 4) is 0 Å².